The van der Waals surface area contributed by atoms with Crippen LogP contribution in [0.2, 0.25) is 0 Å². The Labute approximate surface area is 94.0 Å². The third-order valence-electron chi connectivity index (χ3n) is 3.83. The second kappa shape index (κ2) is 4.18. The molecule has 2 N–H and O–H groups in total. The SMILES string of the molecule is NCC1(CN(CC(F)(F)F)C2CC2)CCC1. The molecule has 0 aromatic heterocycles. The monoisotopic (exact) mass is 236 g/mol. The van der Waals surface area contributed by atoms with Crippen LogP contribution in [0, 0.1) is 5.41 Å². The molecule has 0 bridgehead atoms. The molecule has 0 radical (unpaired) electrons. The third-order valence-corrected chi connectivity index (χ3v) is 3.83. The van der Waals surface area contributed by atoms with Gasteiger partial charge < -0.3 is 5.73 Å². The van der Waals surface area contributed by atoms with E-state index in [9.17, 15) is 13.2 Å². The summed E-state index contributed by atoms with van der Waals surface area (Å²) in [5.41, 5.74) is 5.67. The highest BCUT2D eigenvalue weighted by Crippen LogP contribution is 2.43. The number of hydrogen-bond donors (Lipinski definition) is 1. The molecule has 2 rings (SSSR count). The maximum Gasteiger partial charge on any atom is 0.401 e. The molecule has 0 unspecified atom stereocenters. The van der Waals surface area contributed by atoms with Crippen molar-refractivity contribution in [2.45, 2.75) is 44.3 Å². The minimum atomic E-state index is -4.08. The number of rotatable bonds is 5. The van der Waals surface area contributed by atoms with Crippen LogP contribution in [0.1, 0.15) is 32.1 Å². The van der Waals surface area contributed by atoms with E-state index < -0.39 is 12.7 Å². The number of hydrogen-bond acceptors (Lipinski definition) is 2. The zero-order valence-electron chi connectivity index (χ0n) is 9.39. The zero-order valence-corrected chi connectivity index (χ0v) is 9.39. The lowest BCUT2D eigenvalue weighted by atomic mass is 9.68. The minimum absolute atomic E-state index is 0.0200. The van der Waals surface area contributed by atoms with E-state index in [4.69, 9.17) is 5.73 Å². The molecule has 2 nitrogen and oxygen atoms in total. The summed E-state index contributed by atoms with van der Waals surface area (Å²) in [5.74, 6) is 0. The summed E-state index contributed by atoms with van der Waals surface area (Å²) in [4.78, 5) is 1.60. The van der Waals surface area contributed by atoms with Gasteiger partial charge in [-0.1, -0.05) is 6.42 Å². The van der Waals surface area contributed by atoms with Crippen LogP contribution in [0.5, 0.6) is 0 Å². The second-order valence-corrected chi connectivity index (χ2v) is 5.31. The van der Waals surface area contributed by atoms with Crippen molar-refractivity contribution in [3.63, 3.8) is 0 Å². The van der Waals surface area contributed by atoms with Gasteiger partial charge in [0, 0.05) is 12.6 Å². The van der Waals surface area contributed by atoms with Gasteiger partial charge in [-0.2, -0.15) is 13.2 Å². The Morgan fingerprint density at radius 3 is 2.19 bits per heavy atom. The molecule has 0 atom stereocenters. The van der Waals surface area contributed by atoms with Crippen molar-refractivity contribution in [2.24, 2.45) is 11.1 Å². The number of halogens is 3. The highest BCUT2D eigenvalue weighted by molar-refractivity contribution is 4.95. The van der Waals surface area contributed by atoms with Crippen LogP contribution < -0.4 is 5.73 Å². The number of nitrogens with zero attached hydrogens (tertiary/aromatic N) is 1. The summed E-state index contributed by atoms with van der Waals surface area (Å²) < 4.78 is 37.3. The maximum absolute atomic E-state index is 12.4. The fourth-order valence-electron chi connectivity index (χ4n) is 2.52. The first-order chi connectivity index (χ1) is 7.44. The first kappa shape index (κ1) is 12.2. The van der Waals surface area contributed by atoms with E-state index in [1.54, 1.807) is 4.90 Å². The summed E-state index contributed by atoms with van der Waals surface area (Å²) in [6, 6.07) is 0.158. The van der Waals surface area contributed by atoms with Crippen molar-refractivity contribution in [3.8, 4) is 0 Å². The van der Waals surface area contributed by atoms with Crippen molar-refractivity contribution in [3.05, 3.63) is 0 Å². The smallest absolute Gasteiger partial charge is 0.330 e. The summed E-state index contributed by atoms with van der Waals surface area (Å²) in [6.45, 7) is 0.293. The highest BCUT2D eigenvalue weighted by Gasteiger charge is 2.44. The van der Waals surface area contributed by atoms with E-state index in [1.165, 1.54) is 0 Å². The van der Waals surface area contributed by atoms with E-state index in [-0.39, 0.29) is 11.5 Å². The van der Waals surface area contributed by atoms with Crippen LogP contribution >= 0.6 is 0 Å². The number of alkyl halides is 3. The molecule has 0 spiro atoms. The fourth-order valence-corrected chi connectivity index (χ4v) is 2.52. The topological polar surface area (TPSA) is 29.3 Å². The lowest BCUT2D eigenvalue weighted by molar-refractivity contribution is -0.152. The molecular formula is C11H19F3N2. The minimum Gasteiger partial charge on any atom is -0.330 e. The summed E-state index contributed by atoms with van der Waals surface area (Å²) >= 11 is 0. The lowest BCUT2D eigenvalue weighted by Crippen LogP contribution is -2.49. The van der Waals surface area contributed by atoms with Gasteiger partial charge in [-0.15, -0.1) is 0 Å². The van der Waals surface area contributed by atoms with E-state index in [1.807, 2.05) is 0 Å². The van der Waals surface area contributed by atoms with Crippen LogP contribution in [0.4, 0.5) is 13.2 Å². The Morgan fingerprint density at radius 2 is 1.88 bits per heavy atom. The predicted molar refractivity (Wildman–Crippen MR) is 56.0 cm³/mol. The Hall–Kier alpha value is -0.290. The van der Waals surface area contributed by atoms with Crippen LogP contribution in [-0.4, -0.2) is 36.8 Å². The quantitative estimate of drug-likeness (QED) is 0.792. The Kier molecular flexibility index (Phi) is 3.18. The van der Waals surface area contributed by atoms with Crippen LogP contribution in [0.15, 0.2) is 0 Å². The van der Waals surface area contributed by atoms with Crippen molar-refractivity contribution < 1.29 is 13.2 Å². The van der Waals surface area contributed by atoms with E-state index in [0.717, 1.165) is 32.1 Å². The van der Waals surface area contributed by atoms with Crippen molar-refractivity contribution in [2.75, 3.05) is 19.6 Å². The Balaban J connectivity index is 1.92. The molecule has 2 aliphatic carbocycles. The van der Waals surface area contributed by atoms with E-state index in [0.29, 0.717) is 13.1 Å². The van der Waals surface area contributed by atoms with E-state index in [2.05, 4.69) is 0 Å². The highest BCUT2D eigenvalue weighted by atomic mass is 19.4. The Bertz CT molecular complexity index is 239. The van der Waals surface area contributed by atoms with Crippen molar-refractivity contribution >= 4 is 0 Å². The van der Waals surface area contributed by atoms with Crippen LogP contribution in [0.3, 0.4) is 0 Å². The predicted octanol–water partition coefficient (Wildman–Crippen LogP) is 2.14. The molecular weight excluding hydrogens is 217 g/mol. The molecule has 2 aliphatic rings. The summed E-state index contributed by atoms with van der Waals surface area (Å²) in [6.07, 6.45) is 0.840. The van der Waals surface area contributed by atoms with Gasteiger partial charge in [-0.3, -0.25) is 4.90 Å². The van der Waals surface area contributed by atoms with Gasteiger partial charge in [0.2, 0.25) is 0 Å². The molecule has 16 heavy (non-hydrogen) atoms. The first-order valence-corrected chi connectivity index (χ1v) is 5.95. The molecule has 0 saturated heterocycles. The van der Waals surface area contributed by atoms with Gasteiger partial charge in [0.05, 0.1) is 6.54 Å². The average molecular weight is 236 g/mol. The molecule has 0 aliphatic heterocycles. The van der Waals surface area contributed by atoms with Gasteiger partial charge in [-0.05, 0) is 37.6 Å². The molecule has 0 heterocycles. The summed E-state index contributed by atoms with van der Waals surface area (Å²) in [5, 5.41) is 0. The molecule has 2 fully saturated rings. The van der Waals surface area contributed by atoms with E-state index >= 15 is 0 Å². The largest absolute Gasteiger partial charge is 0.401 e. The first-order valence-electron chi connectivity index (χ1n) is 5.95. The van der Waals surface area contributed by atoms with Gasteiger partial charge in [0.25, 0.3) is 0 Å². The van der Waals surface area contributed by atoms with Crippen LogP contribution in [0.25, 0.3) is 0 Å². The lowest BCUT2D eigenvalue weighted by Gasteiger charge is -2.44. The molecule has 2 saturated carbocycles. The van der Waals surface area contributed by atoms with Gasteiger partial charge in [0.15, 0.2) is 0 Å². The van der Waals surface area contributed by atoms with Crippen molar-refractivity contribution in [1.82, 2.24) is 4.90 Å². The zero-order chi connectivity index (χ0) is 11.8. The molecule has 94 valence electrons. The molecule has 5 heteroatoms. The standard InChI is InChI=1S/C11H19F3N2/c12-11(13,14)8-16(9-2-3-9)7-10(6-15)4-1-5-10/h9H,1-8,15H2. The Morgan fingerprint density at radius 1 is 1.25 bits per heavy atom. The molecule has 0 aromatic rings. The van der Waals surface area contributed by atoms with Crippen molar-refractivity contribution in [1.29, 1.82) is 0 Å². The van der Waals surface area contributed by atoms with Gasteiger partial charge in [-0.25, -0.2) is 0 Å². The molecule has 0 aromatic carbocycles. The normalized spacial score (nSPS) is 24.6. The van der Waals surface area contributed by atoms with Gasteiger partial charge in [0.1, 0.15) is 0 Å². The fraction of sp³-hybridized carbons (Fsp3) is 1.00. The third kappa shape index (κ3) is 2.88. The molecule has 0 amide bonds. The average Bonchev–Trinajstić information content (AvgIpc) is 2.90. The maximum atomic E-state index is 12.4. The number of nitrogens with two attached hydrogens (primary N) is 1. The summed E-state index contributed by atoms with van der Waals surface area (Å²) in [7, 11) is 0. The van der Waals surface area contributed by atoms with Crippen LogP contribution in [-0.2, 0) is 0 Å². The van der Waals surface area contributed by atoms with Gasteiger partial charge >= 0.3 is 6.18 Å². The second-order valence-electron chi connectivity index (χ2n) is 5.31.